The van der Waals surface area contributed by atoms with Gasteiger partial charge in [0.05, 0.1) is 6.61 Å². The Kier molecular flexibility index (Phi) is 8.28. The number of rotatable bonds is 8. The fourth-order valence-corrected chi connectivity index (χ4v) is 3.66. The molecule has 1 N–H and O–H groups in total. The third kappa shape index (κ3) is 6.47. The normalized spacial score (nSPS) is 10.9. The van der Waals surface area contributed by atoms with E-state index in [1.54, 1.807) is 12.1 Å². The molecule has 0 aliphatic carbocycles. The molecule has 0 aromatic heterocycles. The van der Waals surface area contributed by atoms with Crippen molar-refractivity contribution < 1.29 is 14.3 Å². The molecule has 0 fully saturated rings. The van der Waals surface area contributed by atoms with Gasteiger partial charge in [0, 0.05) is 10.2 Å². The third-order valence-corrected chi connectivity index (χ3v) is 5.58. The van der Waals surface area contributed by atoms with Gasteiger partial charge in [0.1, 0.15) is 18.2 Å². The predicted molar refractivity (Wildman–Crippen MR) is 134 cm³/mol. The zero-order valence-corrected chi connectivity index (χ0v) is 20.4. The maximum absolute atomic E-state index is 12.8. The van der Waals surface area contributed by atoms with Gasteiger partial charge in [0.25, 0.3) is 5.91 Å². The number of benzene rings is 3. The Hall–Kier alpha value is -3.56. The van der Waals surface area contributed by atoms with E-state index in [9.17, 15) is 10.1 Å². The molecular weight excluding hydrogens is 480 g/mol. The highest BCUT2D eigenvalue weighted by atomic mass is 79.9. The number of aryl methyl sites for hydroxylation is 2. The molecule has 0 atom stereocenters. The van der Waals surface area contributed by atoms with Gasteiger partial charge in [0.15, 0.2) is 11.5 Å². The molecule has 6 heteroatoms. The number of hydrogen-bond acceptors (Lipinski definition) is 4. The van der Waals surface area contributed by atoms with Crippen LogP contribution in [0.2, 0.25) is 0 Å². The van der Waals surface area contributed by atoms with E-state index in [4.69, 9.17) is 9.47 Å². The minimum absolute atomic E-state index is 0.0175. The summed E-state index contributed by atoms with van der Waals surface area (Å²) in [6.45, 7) is 6.63. The fourth-order valence-electron chi connectivity index (χ4n) is 3.23. The van der Waals surface area contributed by atoms with E-state index < -0.39 is 5.91 Å². The first-order chi connectivity index (χ1) is 15.9. The molecule has 3 aromatic carbocycles. The molecule has 0 aliphatic rings. The van der Waals surface area contributed by atoms with E-state index in [-0.39, 0.29) is 5.57 Å². The van der Waals surface area contributed by atoms with Crippen LogP contribution in [-0.2, 0) is 11.4 Å². The summed E-state index contributed by atoms with van der Waals surface area (Å²) in [5.74, 6) is 0.636. The van der Waals surface area contributed by atoms with E-state index in [1.165, 1.54) is 6.08 Å². The molecule has 0 aliphatic heterocycles. The lowest BCUT2D eigenvalue weighted by atomic mass is 10.1. The lowest BCUT2D eigenvalue weighted by Crippen LogP contribution is -2.14. The van der Waals surface area contributed by atoms with Gasteiger partial charge < -0.3 is 14.8 Å². The van der Waals surface area contributed by atoms with Crippen LogP contribution in [0.15, 0.2) is 70.7 Å². The van der Waals surface area contributed by atoms with Crippen LogP contribution in [0.4, 0.5) is 5.69 Å². The second-order valence-corrected chi connectivity index (χ2v) is 8.32. The summed E-state index contributed by atoms with van der Waals surface area (Å²) in [6.07, 6.45) is 1.53. The van der Waals surface area contributed by atoms with Gasteiger partial charge in [-0.25, -0.2) is 0 Å². The first-order valence-electron chi connectivity index (χ1n) is 10.5. The summed E-state index contributed by atoms with van der Waals surface area (Å²) in [6, 6.07) is 21.1. The smallest absolute Gasteiger partial charge is 0.266 e. The van der Waals surface area contributed by atoms with Crippen molar-refractivity contribution in [2.45, 2.75) is 27.4 Å². The van der Waals surface area contributed by atoms with Gasteiger partial charge in [-0.1, -0.05) is 64.0 Å². The van der Waals surface area contributed by atoms with Gasteiger partial charge in [-0.2, -0.15) is 5.26 Å². The van der Waals surface area contributed by atoms with Crippen LogP contribution in [0.5, 0.6) is 11.5 Å². The van der Waals surface area contributed by atoms with Crippen molar-refractivity contribution in [3.63, 3.8) is 0 Å². The van der Waals surface area contributed by atoms with Crippen molar-refractivity contribution in [3.05, 3.63) is 93.0 Å². The van der Waals surface area contributed by atoms with Gasteiger partial charge >= 0.3 is 0 Å². The first-order valence-corrected chi connectivity index (χ1v) is 11.3. The van der Waals surface area contributed by atoms with Gasteiger partial charge in [-0.05, 0) is 61.7 Å². The molecule has 0 saturated heterocycles. The topological polar surface area (TPSA) is 71.3 Å². The average Bonchev–Trinajstić information content (AvgIpc) is 2.80. The van der Waals surface area contributed by atoms with E-state index in [0.29, 0.717) is 40.4 Å². The number of nitriles is 1. The summed E-state index contributed by atoms with van der Waals surface area (Å²) >= 11 is 3.53. The molecule has 33 heavy (non-hydrogen) atoms. The van der Waals surface area contributed by atoms with Crippen LogP contribution in [0, 0.1) is 25.2 Å². The number of halogens is 1. The molecule has 0 spiro atoms. The second kappa shape index (κ2) is 11.3. The largest absolute Gasteiger partial charge is 0.490 e. The maximum atomic E-state index is 12.8. The number of carbonyl (C=O) groups excluding carboxylic acids is 1. The van der Waals surface area contributed by atoms with Crippen LogP contribution >= 0.6 is 15.9 Å². The van der Waals surface area contributed by atoms with Gasteiger partial charge in [0.2, 0.25) is 0 Å². The Balaban J connectivity index is 1.86. The Morgan fingerprint density at radius 2 is 1.79 bits per heavy atom. The number of nitrogens with one attached hydrogen (secondary N) is 1. The number of hydrogen-bond donors (Lipinski definition) is 1. The zero-order valence-electron chi connectivity index (χ0n) is 18.8. The molecule has 0 radical (unpaired) electrons. The highest BCUT2D eigenvalue weighted by Gasteiger charge is 2.15. The van der Waals surface area contributed by atoms with E-state index >= 15 is 0 Å². The van der Waals surface area contributed by atoms with E-state index in [1.807, 2.05) is 75.4 Å². The Labute approximate surface area is 202 Å². The average molecular weight is 505 g/mol. The molecule has 0 saturated carbocycles. The third-order valence-electron chi connectivity index (χ3n) is 4.90. The van der Waals surface area contributed by atoms with Crippen molar-refractivity contribution in [2.75, 3.05) is 11.9 Å². The Bertz CT molecular complexity index is 1210. The molecule has 168 valence electrons. The van der Waals surface area contributed by atoms with Crippen LogP contribution < -0.4 is 14.8 Å². The van der Waals surface area contributed by atoms with E-state index in [0.717, 1.165) is 16.7 Å². The standard InChI is InChI=1S/C27H25BrN2O3/c1-4-32-25-14-21(23(28)15-26(25)33-17-20-8-6-5-7-9-20)13-22(16-29)27(31)30-24-11-10-18(2)12-19(24)3/h5-15H,4,17H2,1-3H3,(H,30,31)/b22-13+. The summed E-state index contributed by atoms with van der Waals surface area (Å²) < 4.78 is 12.4. The van der Waals surface area contributed by atoms with Gasteiger partial charge in [-0.3, -0.25) is 4.79 Å². The van der Waals surface area contributed by atoms with Crippen molar-refractivity contribution in [3.8, 4) is 17.6 Å². The van der Waals surface area contributed by atoms with E-state index in [2.05, 4.69) is 21.2 Å². The number of nitrogens with zero attached hydrogens (tertiary/aromatic N) is 1. The number of anilines is 1. The Morgan fingerprint density at radius 1 is 1.06 bits per heavy atom. The number of amides is 1. The van der Waals surface area contributed by atoms with Crippen LogP contribution in [0.25, 0.3) is 6.08 Å². The van der Waals surface area contributed by atoms with Gasteiger partial charge in [-0.15, -0.1) is 0 Å². The molecule has 5 nitrogen and oxygen atoms in total. The molecule has 0 heterocycles. The zero-order chi connectivity index (χ0) is 23.8. The first kappa shape index (κ1) is 24.1. The van der Waals surface area contributed by atoms with Crippen molar-refractivity contribution in [2.24, 2.45) is 0 Å². The summed E-state index contributed by atoms with van der Waals surface area (Å²) in [5.41, 5.74) is 4.36. The van der Waals surface area contributed by atoms with Crippen LogP contribution in [0.1, 0.15) is 29.2 Å². The Morgan fingerprint density at radius 3 is 2.45 bits per heavy atom. The second-order valence-electron chi connectivity index (χ2n) is 7.47. The number of ether oxygens (including phenoxy) is 2. The highest BCUT2D eigenvalue weighted by molar-refractivity contribution is 9.10. The molecule has 0 bridgehead atoms. The predicted octanol–water partition coefficient (Wildman–Crippen LogP) is 6.59. The lowest BCUT2D eigenvalue weighted by molar-refractivity contribution is -0.112. The SMILES string of the molecule is CCOc1cc(/C=C(\C#N)C(=O)Nc2ccc(C)cc2C)c(Br)cc1OCc1ccccc1. The number of carbonyl (C=O) groups is 1. The molecule has 3 rings (SSSR count). The fraction of sp³-hybridized carbons (Fsp3) is 0.185. The van der Waals surface area contributed by atoms with Crippen LogP contribution in [0.3, 0.4) is 0 Å². The van der Waals surface area contributed by atoms with Crippen molar-refractivity contribution >= 4 is 33.6 Å². The summed E-state index contributed by atoms with van der Waals surface area (Å²) in [7, 11) is 0. The monoisotopic (exact) mass is 504 g/mol. The molecule has 0 unspecified atom stereocenters. The summed E-state index contributed by atoms with van der Waals surface area (Å²) in [5, 5.41) is 12.4. The van der Waals surface area contributed by atoms with Crippen molar-refractivity contribution in [1.82, 2.24) is 0 Å². The lowest BCUT2D eigenvalue weighted by Gasteiger charge is -2.14. The maximum Gasteiger partial charge on any atom is 0.266 e. The minimum Gasteiger partial charge on any atom is -0.490 e. The summed E-state index contributed by atoms with van der Waals surface area (Å²) in [4.78, 5) is 12.8. The molecular formula is C27H25BrN2O3. The minimum atomic E-state index is -0.473. The van der Waals surface area contributed by atoms with Crippen LogP contribution in [-0.4, -0.2) is 12.5 Å². The molecule has 1 amide bonds. The van der Waals surface area contributed by atoms with Crippen molar-refractivity contribution in [1.29, 1.82) is 5.26 Å². The highest BCUT2D eigenvalue weighted by Crippen LogP contribution is 2.35. The quantitative estimate of drug-likeness (QED) is 0.277. The molecule has 3 aromatic rings.